The maximum Gasteiger partial charge on any atom is 0.251 e. The van der Waals surface area contributed by atoms with E-state index in [-0.39, 0.29) is 24.7 Å². The third-order valence-electron chi connectivity index (χ3n) is 5.49. The zero-order valence-corrected chi connectivity index (χ0v) is 18.1. The molecule has 1 aromatic heterocycles. The van der Waals surface area contributed by atoms with Gasteiger partial charge in [0, 0.05) is 35.1 Å². The summed E-state index contributed by atoms with van der Waals surface area (Å²) in [5, 5.41) is 22.0. The lowest BCUT2D eigenvalue weighted by Crippen LogP contribution is -2.39. The average molecular weight is 439 g/mol. The predicted octanol–water partition coefficient (Wildman–Crippen LogP) is 3.98. The molecule has 162 valence electrons. The molecule has 6 nitrogen and oxygen atoms in total. The first-order valence-corrected chi connectivity index (χ1v) is 11.2. The maximum absolute atomic E-state index is 12.0. The number of hydrogen-bond acceptors (Lipinski definition) is 6. The van der Waals surface area contributed by atoms with E-state index < -0.39 is 6.29 Å². The number of ether oxygens (including phenoxy) is 2. The van der Waals surface area contributed by atoms with Crippen molar-refractivity contribution in [1.82, 2.24) is 0 Å². The molecule has 0 spiro atoms. The van der Waals surface area contributed by atoms with Gasteiger partial charge in [-0.2, -0.15) is 4.73 Å². The number of pyridine rings is 1. The highest BCUT2D eigenvalue weighted by atomic mass is 32.2. The fourth-order valence-electron chi connectivity index (χ4n) is 3.71. The van der Waals surface area contributed by atoms with Crippen molar-refractivity contribution in [3.63, 3.8) is 0 Å². The third-order valence-corrected chi connectivity index (χ3v) is 6.60. The van der Waals surface area contributed by atoms with Crippen LogP contribution in [-0.4, -0.2) is 17.0 Å². The highest BCUT2D eigenvalue weighted by Gasteiger charge is 2.38. The molecular weight excluding hydrogens is 412 g/mol. The van der Waals surface area contributed by atoms with Crippen LogP contribution in [0, 0.1) is 11.1 Å². The van der Waals surface area contributed by atoms with Crippen molar-refractivity contribution in [3.05, 3.63) is 94.8 Å². The monoisotopic (exact) mass is 438 g/mol. The molecule has 0 radical (unpaired) electrons. The van der Waals surface area contributed by atoms with Crippen LogP contribution >= 0.6 is 11.8 Å². The minimum absolute atomic E-state index is 0.00191. The Bertz CT molecular complexity index is 1010. The maximum atomic E-state index is 12.0. The number of thioether (sulfide) groups is 1. The molecule has 0 saturated carbocycles. The van der Waals surface area contributed by atoms with Crippen LogP contribution in [0.3, 0.4) is 0 Å². The lowest BCUT2D eigenvalue weighted by atomic mass is 9.91. The van der Waals surface area contributed by atoms with Crippen molar-refractivity contribution >= 4 is 17.4 Å². The summed E-state index contributed by atoms with van der Waals surface area (Å²) < 4.78 is 13.6. The van der Waals surface area contributed by atoms with Crippen LogP contribution in [0.1, 0.15) is 36.0 Å². The number of rotatable bonds is 6. The van der Waals surface area contributed by atoms with E-state index in [9.17, 15) is 10.3 Å². The number of benzene rings is 2. The smallest absolute Gasteiger partial charge is 0.251 e. The fraction of sp³-hybridized carbons (Fsp3) is 0.292. The summed E-state index contributed by atoms with van der Waals surface area (Å²) in [4.78, 5) is 0. The SMILES string of the molecule is C[C@H]1[C@@H](CSc2cccc[n+]2[O-])O[C@@H](c2cccc(N)c2)O[C@H]1c1ccc(CO)cc1. The van der Waals surface area contributed by atoms with Crippen molar-refractivity contribution < 1.29 is 19.3 Å². The van der Waals surface area contributed by atoms with Gasteiger partial charge in [0.25, 0.3) is 5.03 Å². The largest absolute Gasteiger partial charge is 0.618 e. The molecule has 1 saturated heterocycles. The molecule has 2 heterocycles. The van der Waals surface area contributed by atoms with Gasteiger partial charge in [-0.05, 0) is 29.3 Å². The van der Waals surface area contributed by atoms with E-state index in [1.807, 2.05) is 60.7 Å². The molecule has 0 unspecified atom stereocenters. The number of anilines is 1. The number of nitrogen functional groups attached to an aromatic ring is 1. The number of aromatic nitrogens is 1. The van der Waals surface area contributed by atoms with Gasteiger partial charge < -0.3 is 25.5 Å². The van der Waals surface area contributed by atoms with Crippen molar-refractivity contribution in [2.45, 2.75) is 37.1 Å². The van der Waals surface area contributed by atoms with Crippen molar-refractivity contribution in [2.75, 3.05) is 11.5 Å². The number of nitrogens with two attached hydrogens (primary N) is 1. The van der Waals surface area contributed by atoms with Crippen LogP contribution in [0.25, 0.3) is 0 Å². The van der Waals surface area contributed by atoms with E-state index in [4.69, 9.17) is 15.2 Å². The second-order valence-electron chi connectivity index (χ2n) is 7.67. The van der Waals surface area contributed by atoms with Gasteiger partial charge in [0.1, 0.15) is 0 Å². The third kappa shape index (κ3) is 5.02. The predicted molar refractivity (Wildman–Crippen MR) is 120 cm³/mol. The minimum Gasteiger partial charge on any atom is -0.618 e. The first-order chi connectivity index (χ1) is 15.0. The number of nitrogens with zero attached hydrogens (tertiary/aromatic N) is 1. The van der Waals surface area contributed by atoms with Gasteiger partial charge in [0.15, 0.2) is 12.5 Å². The van der Waals surface area contributed by atoms with Crippen LogP contribution in [0.2, 0.25) is 0 Å². The quantitative estimate of drug-likeness (QED) is 0.262. The van der Waals surface area contributed by atoms with Crippen molar-refractivity contribution in [3.8, 4) is 0 Å². The molecule has 0 aliphatic carbocycles. The normalized spacial score (nSPS) is 23.5. The van der Waals surface area contributed by atoms with E-state index in [2.05, 4.69) is 6.92 Å². The highest BCUT2D eigenvalue weighted by molar-refractivity contribution is 7.99. The summed E-state index contributed by atoms with van der Waals surface area (Å²) >= 11 is 1.47. The molecule has 1 fully saturated rings. The lowest BCUT2D eigenvalue weighted by molar-refractivity contribution is -0.645. The zero-order valence-electron chi connectivity index (χ0n) is 17.3. The summed E-state index contributed by atoms with van der Waals surface area (Å²) in [7, 11) is 0. The summed E-state index contributed by atoms with van der Waals surface area (Å²) in [5.41, 5.74) is 9.36. The van der Waals surface area contributed by atoms with Crippen molar-refractivity contribution in [2.24, 2.45) is 5.92 Å². The molecule has 0 bridgehead atoms. The Kier molecular flexibility index (Phi) is 6.77. The van der Waals surface area contributed by atoms with Crippen LogP contribution < -0.4 is 10.5 Å². The van der Waals surface area contributed by atoms with Crippen LogP contribution in [0.15, 0.2) is 78.0 Å². The van der Waals surface area contributed by atoms with Gasteiger partial charge in [-0.3, -0.25) is 0 Å². The summed E-state index contributed by atoms with van der Waals surface area (Å²) in [6.07, 6.45) is 0.585. The number of aliphatic hydroxyl groups excluding tert-OH is 1. The Morgan fingerprint density at radius 2 is 1.84 bits per heavy atom. The van der Waals surface area contributed by atoms with E-state index in [0.717, 1.165) is 21.4 Å². The van der Waals surface area contributed by atoms with Crippen LogP contribution in [-0.2, 0) is 16.1 Å². The van der Waals surface area contributed by atoms with Gasteiger partial charge in [-0.15, -0.1) is 0 Å². The Morgan fingerprint density at radius 1 is 1.03 bits per heavy atom. The standard InChI is InChI=1S/C24H26N2O4S/c1-16-21(15-31-22-7-2-3-12-26(22)28)29-24(19-5-4-6-20(25)13-19)30-23(16)18-10-8-17(14-27)9-11-18/h2-13,16,21,23-24,27H,14-15,25H2,1H3/t16-,21+,23+,24+/m0/s1. The first kappa shape index (κ1) is 21.6. The fourth-order valence-corrected chi connectivity index (χ4v) is 4.79. The Morgan fingerprint density at radius 3 is 2.55 bits per heavy atom. The summed E-state index contributed by atoms with van der Waals surface area (Å²) in [6.45, 7) is 2.10. The number of hydrogen-bond donors (Lipinski definition) is 2. The molecule has 3 N–H and O–H groups in total. The van der Waals surface area contributed by atoms with Crippen LogP contribution in [0.4, 0.5) is 5.69 Å². The second kappa shape index (κ2) is 9.70. The Labute approximate surface area is 186 Å². The van der Waals surface area contributed by atoms with E-state index in [1.54, 1.807) is 6.07 Å². The highest BCUT2D eigenvalue weighted by Crippen LogP contribution is 2.43. The molecule has 31 heavy (non-hydrogen) atoms. The molecule has 4 rings (SSSR count). The Balaban J connectivity index is 1.60. The van der Waals surface area contributed by atoms with Gasteiger partial charge in [0.2, 0.25) is 0 Å². The second-order valence-corrected chi connectivity index (χ2v) is 8.71. The first-order valence-electron chi connectivity index (χ1n) is 10.2. The van der Waals surface area contributed by atoms with Crippen LogP contribution in [0.5, 0.6) is 0 Å². The molecule has 1 aliphatic rings. The molecule has 4 atom stereocenters. The van der Waals surface area contributed by atoms with Crippen molar-refractivity contribution in [1.29, 1.82) is 0 Å². The van der Waals surface area contributed by atoms with Gasteiger partial charge in [-0.25, -0.2) is 0 Å². The molecule has 3 aromatic rings. The Hall–Kier alpha value is -2.58. The van der Waals surface area contributed by atoms with E-state index in [1.165, 1.54) is 18.0 Å². The molecule has 0 amide bonds. The zero-order chi connectivity index (χ0) is 21.8. The molecular formula is C24H26N2O4S. The lowest BCUT2D eigenvalue weighted by Gasteiger charge is -2.41. The van der Waals surface area contributed by atoms with Gasteiger partial charge >= 0.3 is 0 Å². The van der Waals surface area contributed by atoms with Gasteiger partial charge in [-0.1, -0.05) is 55.1 Å². The summed E-state index contributed by atoms with van der Waals surface area (Å²) in [5.74, 6) is 0.662. The molecule has 1 aliphatic heterocycles. The average Bonchev–Trinajstić information content (AvgIpc) is 2.79. The summed E-state index contributed by atoms with van der Waals surface area (Å²) in [6, 6.07) is 20.7. The molecule has 7 heteroatoms. The van der Waals surface area contributed by atoms with Gasteiger partial charge in [0.05, 0.1) is 18.8 Å². The molecule has 2 aromatic carbocycles. The topological polar surface area (TPSA) is 91.7 Å². The number of aliphatic hydroxyl groups is 1. The van der Waals surface area contributed by atoms with E-state index in [0.29, 0.717) is 16.5 Å². The van der Waals surface area contributed by atoms with E-state index >= 15 is 0 Å². The minimum atomic E-state index is -0.567.